The highest BCUT2D eigenvalue weighted by Crippen LogP contribution is 2.55. The molecule has 3 aromatic rings. The Bertz CT molecular complexity index is 1470. The summed E-state index contributed by atoms with van der Waals surface area (Å²) in [5, 5.41) is 9.08. The first kappa shape index (κ1) is 41.0. The number of carbonyl (C=O) groups excluding carboxylic acids is 5. The largest absolute Gasteiger partial charge is 0.466 e. The summed E-state index contributed by atoms with van der Waals surface area (Å²) < 4.78 is 12.7. The Morgan fingerprint density at radius 3 is 1.69 bits per heavy atom. The van der Waals surface area contributed by atoms with E-state index in [1.54, 1.807) is 13.8 Å². The second kappa shape index (κ2) is 22.4. The molecular formula is C38H47N3O8PS+. The summed E-state index contributed by atoms with van der Waals surface area (Å²) in [6.45, 7) is 3.57. The van der Waals surface area contributed by atoms with E-state index in [4.69, 9.17) is 9.47 Å². The SMILES string of the molecule is CCOC(=O)CCC(=O)C(CSN=O)NC(=O)CCC(NC(=O)CCCC[P+](c1ccccc1)(c1ccccc1)c1ccccc1)C(=O)OCC. The Labute approximate surface area is 304 Å². The van der Waals surface area contributed by atoms with Crippen molar-refractivity contribution in [1.29, 1.82) is 0 Å². The predicted molar refractivity (Wildman–Crippen MR) is 203 cm³/mol. The Hall–Kier alpha value is -4.41. The van der Waals surface area contributed by atoms with Gasteiger partial charge in [-0.2, -0.15) is 0 Å². The third kappa shape index (κ3) is 13.0. The van der Waals surface area contributed by atoms with E-state index in [2.05, 4.69) is 88.0 Å². The molecule has 2 amide bonds. The zero-order chi connectivity index (χ0) is 36.9. The Morgan fingerprint density at radius 1 is 0.667 bits per heavy atom. The number of nitroso groups, excluding NO2 is 1. The van der Waals surface area contributed by atoms with Gasteiger partial charge < -0.3 is 20.1 Å². The minimum atomic E-state index is -2.05. The lowest BCUT2D eigenvalue weighted by Gasteiger charge is -2.27. The highest BCUT2D eigenvalue weighted by Gasteiger charge is 2.44. The van der Waals surface area contributed by atoms with Crippen LogP contribution in [-0.4, -0.2) is 66.7 Å². The summed E-state index contributed by atoms with van der Waals surface area (Å²) in [5.41, 5.74) is 0. The molecule has 0 saturated heterocycles. The number of esters is 2. The third-order valence-corrected chi connectivity index (χ3v) is 13.3. The van der Waals surface area contributed by atoms with Crippen molar-refractivity contribution in [1.82, 2.24) is 10.6 Å². The van der Waals surface area contributed by atoms with E-state index in [0.717, 1.165) is 12.6 Å². The van der Waals surface area contributed by atoms with Gasteiger partial charge in [0.1, 0.15) is 29.2 Å². The molecule has 13 heteroatoms. The highest BCUT2D eigenvalue weighted by molar-refractivity contribution is 7.98. The van der Waals surface area contributed by atoms with Crippen molar-refractivity contribution in [3.63, 3.8) is 0 Å². The molecule has 3 rings (SSSR count). The van der Waals surface area contributed by atoms with Crippen molar-refractivity contribution in [3.8, 4) is 0 Å². The lowest BCUT2D eigenvalue weighted by molar-refractivity contribution is -0.147. The third-order valence-electron chi connectivity index (χ3n) is 8.20. The van der Waals surface area contributed by atoms with Gasteiger partial charge in [-0.3, -0.25) is 19.2 Å². The minimum Gasteiger partial charge on any atom is -0.466 e. The first-order valence-corrected chi connectivity index (χ1v) is 20.1. The number of rotatable bonds is 23. The maximum atomic E-state index is 13.2. The molecule has 2 unspecified atom stereocenters. The fraction of sp³-hybridized carbons (Fsp3) is 0.395. The average Bonchev–Trinajstić information content (AvgIpc) is 3.15. The van der Waals surface area contributed by atoms with Crippen LogP contribution in [0.3, 0.4) is 0 Å². The molecule has 0 aliphatic heterocycles. The summed E-state index contributed by atoms with van der Waals surface area (Å²) in [6.07, 6.45) is 1.73. The van der Waals surface area contributed by atoms with E-state index in [1.165, 1.54) is 15.9 Å². The molecule has 2 N–H and O–H groups in total. The lowest BCUT2D eigenvalue weighted by atomic mass is 10.1. The molecule has 272 valence electrons. The monoisotopic (exact) mass is 736 g/mol. The summed E-state index contributed by atoms with van der Waals surface area (Å²) in [6, 6.07) is 29.3. The number of ether oxygens (including phenoxy) is 2. The number of amides is 2. The molecule has 0 aromatic heterocycles. The van der Waals surface area contributed by atoms with Crippen LogP contribution in [0, 0.1) is 4.91 Å². The van der Waals surface area contributed by atoms with Crippen LogP contribution in [0.1, 0.15) is 58.8 Å². The van der Waals surface area contributed by atoms with Gasteiger partial charge in [-0.1, -0.05) is 54.6 Å². The van der Waals surface area contributed by atoms with Gasteiger partial charge >= 0.3 is 11.9 Å². The Kier molecular flexibility index (Phi) is 18.0. The van der Waals surface area contributed by atoms with Crippen molar-refractivity contribution >= 4 is 64.7 Å². The second-order valence-electron chi connectivity index (χ2n) is 11.7. The summed E-state index contributed by atoms with van der Waals surface area (Å²) in [5.74, 6) is -2.68. The summed E-state index contributed by atoms with van der Waals surface area (Å²) >= 11 is 0.571. The molecule has 0 spiro atoms. The summed E-state index contributed by atoms with van der Waals surface area (Å²) in [4.78, 5) is 73.9. The number of nitrogens with one attached hydrogen (secondary N) is 2. The summed E-state index contributed by atoms with van der Waals surface area (Å²) in [7, 11) is -2.05. The quantitative estimate of drug-likeness (QED) is 0.0460. The van der Waals surface area contributed by atoms with Gasteiger partial charge in [0.2, 0.25) is 11.8 Å². The molecule has 0 radical (unpaired) electrons. The van der Waals surface area contributed by atoms with Crippen molar-refractivity contribution in [2.45, 2.75) is 70.9 Å². The topological polar surface area (TPSA) is 157 Å². The molecule has 0 aliphatic carbocycles. The first-order valence-electron chi connectivity index (χ1n) is 17.2. The number of benzene rings is 3. The van der Waals surface area contributed by atoms with Crippen LogP contribution in [0.15, 0.2) is 95.6 Å². The number of nitrogens with zero attached hydrogens (tertiary/aromatic N) is 1. The maximum absolute atomic E-state index is 13.2. The van der Waals surface area contributed by atoms with Crippen molar-refractivity contribution in [2.75, 3.05) is 25.1 Å². The molecule has 0 heterocycles. The lowest BCUT2D eigenvalue weighted by Crippen LogP contribution is -2.45. The van der Waals surface area contributed by atoms with Crippen LogP contribution in [0.5, 0.6) is 0 Å². The van der Waals surface area contributed by atoms with E-state index < -0.39 is 43.0 Å². The van der Waals surface area contributed by atoms with Crippen LogP contribution in [0.4, 0.5) is 0 Å². The molecule has 2 atom stereocenters. The van der Waals surface area contributed by atoms with Gasteiger partial charge in [-0.05, 0) is 69.5 Å². The van der Waals surface area contributed by atoms with Gasteiger partial charge in [-0.15, -0.1) is 4.91 Å². The molecule has 51 heavy (non-hydrogen) atoms. The van der Waals surface area contributed by atoms with E-state index in [9.17, 15) is 28.9 Å². The number of hydrogen-bond donors (Lipinski definition) is 2. The Balaban J connectivity index is 1.63. The fourth-order valence-corrected chi connectivity index (χ4v) is 10.7. The van der Waals surface area contributed by atoms with Gasteiger partial charge in [-0.25, -0.2) is 4.79 Å². The van der Waals surface area contributed by atoms with Crippen LogP contribution in [0.2, 0.25) is 0 Å². The average molecular weight is 737 g/mol. The molecule has 0 saturated carbocycles. The van der Waals surface area contributed by atoms with Crippen LogP contribution in [-0.2, 0) is 33.4 Å². The molecule has 11 nitrogen and oxygen atoms in total. The fourth-order valence-electron chi connectivity index (χ4n) is 5.77. The van der Waals surface area contributed by atoms with Gasteiger partial charge in [0.15, 0.2) is 5.78 Å². The smallest absolute Gasteiger partial charge is 0.328 e. The van der Waals surface area contributed by atoms with Crippen LogP contribution >= 0.6 is 19.2 Å². The number of carbonyl (C=O) groups is 5. The standard InChI is InChI=1S/C38H46N3O8PS/c1-3-48-37(45)26-24-34(42)33(28-51-41-47)40-36(44)25-23-32(38(46)49-4-2)39-35(43)22-14-15-27-50(29-16-8-5-9-17-29,30-18-10-6-11-19-30)31-20-12-7-13-21-31/h5-13,16-21,32-33H,3-4,14-15,22-28H2,1-2H3,(H-,39,40,43,44)/p+1. The van der Waals surface area contributed by atoms with Crippen molar-refractivity contribution < 1.29 is 33.4 Å². The molecular weight excluding hydrogens is 689 g/mol. The van der Waals surface area contributed by atoms with Crippen LogP contribution in [0.25, 0.3) is 0 Å². The minimum absolute atomic E-state index is 0.0656. The van der Waals surface area contributed by atoms with E-state index >= 15 is 0 Å². The molecule has 0 fully saturated rings. The zero-order valence-electron chi connectivity index (χ0n) is 29.2. The zero-order valence-corrected chi connectivity index (χ0v) is 30.9. The number of hydrogen-bond acceptors (Lipinski definition) is 10. The van der Waals surface area contributed by atoms with E-state index in [-0.39, 0.29) is 57.0 Å². The number of ketones is 1. The van der Waals surface area contributed by atoms with Gasteiger partial charge in [0.05, 0.1) is 31.8 Å². The second-order valence-corrected chi connectivity index (χ2v) is 16.0. The van der Waals surface area contributed by atoms with Gasteiger partial charge in [0.25, 0.3) is 0 Å². The molecule has 0 aliphatic rings. The molecule has 3 aromatic carbocycles. The van der Waals surface area contributed by atoms with Crippen LogP contribution < -0.4 is 26.5 Å². The first-order chi connectivity index (χ1) is 24.7. The Morgan fingerprint density at radius 2 is 1.18 bits per heavy atom. The van der Waals surface area contributed by atoms with Crippen molar-refractivity contribution in [2.24, 2.45) is 4.58 Å². The number of Topliss-reactive ketones (excluding diaryl/α,β-unsaturated/α-hetero) is 1. The highest BCUT2D eigenvalue weighted by atomic mass is 32.2. The van der Waals surface area contributed by atoms with Gasteiger partial charge in [0, 0.05) is 41.5 Å². The number of unbranched alkanes of at least 4 members (excludes halogenated alkanes) is 1. The predicted octanol–water partition coefficient (Wildman–Crippen LogP) is 4.79. The van der Waals surface area contributed by atoms with Crippen molar-refractivity contribution in [3.05, 3.63) is 95.9 Å². The molecule has 0 bridgehead atoms. The van der Waals surface area contributed by atoms with E-state index in [0.29, 0.717) is 18.4 Å². The van der Waals surface area contributed by atoms with E-state index in [1.807, 2.05) is 18.2 Å². The maximum Gasteiger partial charge on any atom is 0.328 e. The normalized spacial score (nSPS) is 12.2.